The number of methoxy groups -OCH3 is 1. The van der Waals surface area contributed by atoms with Crippen LogP contribution in [0.5, 0.6) is 5.75 Å². The first-order valence-corrected chi connectivity index (χ1v) is 6.35. The van der Waals surface area contributed by atoms with E-state index in [1.165, 1.54) is 0 Å². The Morgan fingerprint density at radius 2 is 2.06 bits per heavy atom. The summed E-state index contributed by atoms with van der Waals surface area (Å²) in [6, 6.07) is 0. The van der Waals surface area contributed by atoms with Crippen molar-refractivity contribution in [2.24, 2.45) is 5.92 Å². The van der Waals surface area contributed by atoms with Crippen LogP contribution in [0.4, 0.5) is 0 Å². The van der Waals surface area contributed by atoms with Crippen LogP contribution in [0, 0.1) is 19.8 Å². The zero-order chi connectivity index (χ0) is 13.7. The van der Waals surface area contributed by atoms with Gasteiger partial charge in [0.15, 0.2) is 0 Å². The molecule has 1 aromatic rings. The van der Waals surface area contributed by atoms with Crippen molar-refractivity contribution in [3.63, 3.8) is 0 Å². The SMILES string of the molecule is COc1c(C)cnc(CNCC(O)C(C)C)c1C. The number of hydrogen-bond acceptors (Lipinski definition) is 4. The van der Waals surface area contributed by atoms with Gasteiger partial charge in [-0.25, -0.2) is 0 Å². The van der Waals surface area contributed by atoms with Gasteiger partial charge in [0.1, 0.15) is 5.75 Å². The Morgan fingerprint density at radius 3 is 2.61 bits per heavy atom. The molecule has 0 aromatic carbocycles. The molecular formula is C14H24N2O2. The van der Waals surface area contributed by atoms with Gasteiger partial charge in [-0.2, -0.15) is 0 Å². The molecule has 0 fully saturated rings. The molecule has 1 unspecified atom stereocenters. The minimum absolute atomic E-state index is 0.263. The van der Waals surface area contributed by atoms with E-state index in [0.717, 1.165) is 22.6 Å². The second kappa shape index (κ2) is 6.71. The average molecular weight is 252 g/mol. The Hall–Kier alpha value is -1.13. The highest BCUT2D eigenvalue weighted by molar-refractivity contribution is 5.40. The molecule has 0 spiro atoms. The van der Waals surface area contributed by atoms with Crippen LogP contribution in [0.2, 0.25) is 0 Å². The van der Waals surface area contributed by atoms with Gasteiger partial charge in [-0.15, -0.1) is 0 Å². The highest BCUT2D eigenvalue weighted by Crippen LogP contribution is 2.23. The Balaban J connectivity index is 2.63. The van der Waals surface area contributed by atoms with Crippen LogP contribution in [0.1, 0.15) is 30.7 Å². The van der Waals surface area contributed by atoms with Crippen LogP contribution in [0.25, 0.3) is 0 Å². The number of aliphatic hydroxyl groups excluding tert-OH is 1. The smallest absolute Gasteiger partial charge is 0.128 e. The van der Waals surface area contributed by atoms with Gasteiger partial charge >= 0.3 is 0 Å². The van der Waals surface area contributed by atoms with Crippen LogP contribution in [-0.2, 0) is 6.54 Å². The normalized spacial score (nSPS) is 12.8. The first kappa shape index (κ1) is 14.9. The highest BCUT2D eigenvalue weighted by atomic mass is 16.5. The quantitative estimate of drug-likeness (QED) is 0.811. The molecule has 0 aliphatic carbocycles. The van der Waals surface area contributed by atoms with E-state index < -0.39 is 0 Å². The molecule has 4 heteroatoms. The number of pyridine rings is 1. The molecule has 0 bridgehead atoms. The monoisotopic (exact) mass is 252 g/mol. The van der Waals surface area contributed by atoms with Gasteiger partial charge in [-0.3, -0.25) is 4.98 Å². The molecule has 1 atom stereocenters. The van der Waals surface area contributed by atoms with E-state index in [2.05, 4.69) is 10.3 Å². The van der Waals surface area contributed by atoms with Crippen molar-refractivity contribution in [2.75, 3.05) is 13.7 Å². The van der Waals surface area contributed by atoms with Crippen molar-refractivity contribution in [1.82, 2.24) is 10.3 Å². The van der Waals surface area contributed by atoms with Crippen molar-refractivity contribution >= 4 is 0 Å². The first-order valence-electron chi connectivity index (χ1n) is 6.35. The van der Waals surface area contributed by atoms with Crippen molar-refractivity contribution < 1.29 is 9.84 Å². The topological polar surface area (TPSA) is 54.4 Å². The fourth-order valence-electron chi connectivity index (χ4n) is 1.82. The predicted molar refractivity (Wildman–Crippen MR) is 72.8 cm³/mol. The van der Waals surface area contributed by atoms with Gasteiger partial charge < -0.3 is 15.2 Å². The minimum Gasteiger partial charge on any atom is -0.496 e. The molecule has 0 amide bonds. The highest BCUT2D eigenvalue weighted by Gasteiger charge is 2.11. The summed E-state index contributed by atoms with van der Waals surface area (Å²) in [5.74, 6) is 1.16. The van der Waals surface area contributed by atoms with Gasteiger partial charge in [0.25, 0.3) is 0 Å². The standard InChI is InChI=1S/C14H24N2O2/c1-9(2)13(17)8-15-7-12-11(4)14(18-5)10(3)6-16-12/h6,9,13,15,17H,7-8H2,1-5H3. The molecule has 1 aromatic heterocycles. The Labute approximate surface area is 109 Å². The van der Waals surface area contributed by atoms with Crippen molar-refractivity contribution in [1.29, 1.82) is 0 Å². The van der Waals surface area contributed by atoms with Crippen LogP contribution < -0.4 is 10.1 Å². The van der Waals surface area contributed by atoms with E-state index in [1.54, 1.807) is 7.11 Å². The second-order valence-corrected chi connectivity index (χ2v) is 4.99. The fourth-order valence-corrected chi connectivity index (χ4v) is 1.82. The van der Waals surface area contributed by atoms with Crippen molar-refractivity contribution in [3.05, 3.63) is 23.0 Å². The van der Waals surface area contributed by atoms with Gasteiger partial charge in [-0.05, 0) is 19.8 Å². The van der Waals surface area contributed by atoms with E-state index in [9.17, 15) is 5.11 Å². The molecule has 4 nitrogen and oxygen atoms in total. The summed E-state index contributed by atoms with van der Waals surface area (Å²) in [5, 5.41) is 12.9. The number of nitrogens with one attached hydrogen (secondary N) is 1. The summed E-state index contributed by atoms with van der Waals surface area (Å²) in [5.41, 5.74) is 3.07. The third-order valence-corrected chi connectivity index (χ3v) is 3.17. The Morgan fingerprint density at radius 1 is 1.39 bits per heavy atom. The van der Waals surface area contributed by atoms with Gasteiger partial charge in [0, 0.05) is 30.4 Å². The van der Waals surface area contributed by atoms with E-state index in [1.807, 2.05) is 33.9 Å². The Bertz CT molecular complexity index is 392. The first-order chi connectivity index (χ1) is 8.47. The molecule has 1 heterocycles. The zero-order valence-corrected chi connectivity index (χ0v) is 11.9. The number of nitrogens with zero attached hydrogens (tertiary/aromatic N) is 1. The molecular weight excluding hydrogens is 228 g/mol. The maximum atomic E-state index is 9.71. The maximum absolute atomic E-state index is 9.71. The van der Waals surface area contributed by atoms with Crippen molar-refractivity contribution in [3.8, 4) is 5.75 Å². The molecule has 0 saturated carbocycles. The number of hydrogen-bond donors (Lipinski definition) is 2. The summed E-state index contributed by atoms with van der Waals surface area (Å²) < 4.78 is 5.36. The molecule has 102 valence electrons. The summed E-state index contributed by atoms with van der Waals surface area (Å²) in [7, 11) is 1.68. The lowest BCUT2D eigenvalue weighted by molar-refractivity contribution is 0.123. The molecule has 0 saturated heterocycles. The summed E-state index contributed by atoms with van der Waals surface area (Å²) >= 11 is 0. The largest absolute Gasteiger partial charge is 0.496 e. The van der Waals surface area contributed by atoms with E-state index in [4.69, 9.17) is 4.74 Å². The third kappa shape index (κ3) is 3.68. The maximum Gasteiger partial charge on any atom is 0.128 e. The average Bonchev–Trinajstić information content (AvgIpc) is 2.32. The number of aliphatic hydroxyl groups is 1. The number of aromatic nitrogens is 1. The lowest BCUT2D eigenvalue weighted by atomic mass is 10.1. The van der Waals surface area contributed by atoms with Crippen LogP contribution in [0.3, 0.4) is 0 Å². The second-order valence-electron chi connectivity index (χ2n) is 4.99. The molecule has 18 heavy (non-hydrogen) atoms. The number of aryl methyl sites for hydroxylation is 1. The number of ether oxygens (including phenoxy) is 1. The summed E-state index contributed by atoms with van der Waals surface area (Å²) in [4.78, 5) is 4.40. The van der Waals surface area contributed by atoms with Gasteiger partial charge in [-0.1, -0.05) is 13.8 Å². The molecule has 0 radical (unpaired) electrons. The van der Waals surface area contributed by atoms with Crippen LogP contribution in [0.15, 0.2) is 6.20 Å². The molecule has 0 aliphatic heterocycles. The Kier molecular flexibility index (Phi) is 5.56. The zero-order valence-electron chi connectivity index (χ0n) is 11.9. The lowest BCUT2D eigenvalue weighted by Crippen LogP contribution is -2.30. The van der Waals surface area contributed by atoms with E-state index >= 15 is 0 Å². The summed E-state index contributed by atoms with van der Waals surface area (Å²) in [6.45, 7) is 9.23. The fraction of sp³-hybridized carbons (Fsp3) is 0.643. The predicted octanol–water partition coefficient (Wildman–Crippen LogP) is 1.81. The minimum atomic E-state index is -0.322. The van der Waals surface area contributed by atoms with Crippen LogP contribution >= 0.6 is 0 Å². The third-order valence-electron chi connectivity index (χ3n) is 3.17. The lowest BCUT2D eigenvalue weighted by Gasteiger charge is -2.16. The molecule has 1 rings (SSSR count). The summed E-state index contributed by atoms with van der Waals surface area (Å²) in [6.07, 6.45) is 1.50. The van der Waals surface area contributed by atoms with E-state index in [0.29, 0.717) is 13.1 Å². The van der Waals surface area contributed by atoms with Crippen LogP contribution in [-0.4, -0.2) is 29.8 Å². The van der Waals surface area contributed by atoms with Gasteiger partial charge in [0.2, 0.25) is 0 Å². The molecule has 0 aliphatic rings. The van der Waals surface area contributed by atoms with Crippen molar-refractivity contribution in [2.45, 2.75) is 40.3 Å². The van der Waals surface area contributed by atoms with E-state index in [-0.39, 0.29) is 12.0 Å². The molecule has 2 N–H and O–H groups in total. The number of rotatable bonds is 6. The van der Waals surface area contributed by atoms with Gasteiger partial charge in [0.05, 0.1) is 18.9 Å².